The zero-order valence-electron chi connectivity index (χ0n) is 13.1. The minimum atomic E-state index is 0.326. The Morgan fingerprint density at radius 1 is 1.15 bits per heavy atom. The topological polar surface area (TPSA) is 30.5 Å². The van der Waals surface area contributed by atoms with Gasteiger partial charge in [-0.1, -0.05) is 19.9 Å². The van der Waals surface area contributed by atoms with Crippen LogP contribution in [-0.2, 0) is 0 Å². The molecule has 114 valence electrons. The highest BCUT2D eigenvalue weighted by Gasteiger charge is 2.16. The third kappa shape index (κ3) is 5.25. The van der Waals surface area contributed by atoms with Gasteiger partial charge < -0.3 is 14.8 Å². The van der Waals surface area contributed by atoms with Gasteiger partial charge in [0.1, 0.15) is 11.5 Å². The van der Waals surface area contributed by atoms with E-state index >= 15 is 0 Å². The second-order valence-electron chi connectivity index (χ2n) is 4.69. The molecule has 0 saturated heterocycles. The van der Waals surface area contributed by atoms with Gasteiger partial charge in [0.25, 0.3) is 0 Å². The minimum Gasteiger partial charge on any atom is -0.497 e. The summed E-state index contributed by atoms with van der Waals surface area (Å²) in [6.07, 6.45) is 2.35. The zero-order valence-corrected chi connectivity index (χ0v) is 13.9. The molecule has 0 radical (unpaired) electrons. The van der Waals surface area contributed by atoms with E-state index in [9.17, 15) is 0 Å². The van der Waals surface area contributed by atoms with Gasteiger partial charge >= 0.3 is 0 Å². The lowest BCUT2D eigenvalue weighted by atomic mass is 10.1. The summed E-state index contributed by atoms with van der Waals surface area (Å²) >= 11 is 1.99. The molecule has 1 aromatic rings. The van der Waals surface area contributed by atoms with Crippen LogP contribution in [0, 0.1) is 0 Å². The number of thioether (sulfide) groups is 1. The third-order valence-electron chi connectivity index (χ3n) is 3.09. The lowest BCUT2D eigenvalue weighted by molar-refractivity contribution is 0.386. The average Bonchev–Trinajstić information content (AvgIpc) is 2.50. The van der Waals surface area contributed by atoms with Crippen LogP contribution >= 0.6 is 11.8 Å². The van der Waals surface area contributed by atoms with Crippen LogP contribution < -0.4 is 14.8 Å². The molecule has 1 N–H and O–H groups in total. The van der Waals surface area contributed by atoms with Crippen molar-refractivity contribution in [3.8, 4) is 11.5 Å². The van der Waals surface area contributed by atoms with E-state index < -0.39 is 0 Å². The van der Waals surface area contributed by atoms with Crippen LogP contribution in [0.4, 0.5) is 0 Å². The molecule has 0 aliphatic rings. The van der Waals surface area contributed by atoms with E-state index in [1.54, 1.807) is 14.2 Å². The van der Waals surface area contributed by atoms with Crippen LogP contribution in [0.25, 0.3) is 0 Å². The molecular weight excluding hydrogens is 270 g/mol. The second kappa shape index (κ2) is 9.94. The van der Waals surface area contributed by atoms with E-state index in [4.69, 9.17) is 9.47 Å². The van der Waals surface area contributed by atoms with Crippen LogP contribution in [0.5, 0.6) is 11.5 Å². The van der Waals surface area contributed by atoms with E-state index in [1.807, 2.05) is 23.9 Å². The molecule has 0 bridgehead atoms. The van der Waals surface area contributed by atoms with Gasteiger partial charge in [-0.15, -0.1) is 0 Å². The predicted octanol–water partition coefficient (Wildman–Crippen LogP) is 3.89. The van der Waals surface area contributed by atoms with Gasteiger partial charge in [-0.05, 0) is 31.2 Å². The number of hydrogen-bond acceptors (Lipinski definition) is 4. The van der Waals surface area contributed by atoms with Crippen molar-refractivity contribution in [1.29, 1.82) is 0 Å². The van der Waals surface area contributed by atoms with Crippen LogP contribution in [0.15, 0.2) is 18.2 Å². The number of methoxy groups -OCH3 is 2. The summed E-state index contributed by atoms with van der Waals surface area (Å²) in [5.41, 5.74) is 1.21. The van der Waals surface area contributed by atoms with Crippen molar-refractivity contribution >= 4 is 11.8 Å². The van der Waals surface area contributed by atoms with Crippen LogP contribution in [0.2, 0.25) is 0 Å². The van der Waals surface area contributed by atoms with Crippen LogP contribution in [0.3, 0.4) is 0 Å². The summed E-state index contributed by atoms with van der Waals surface area (Å²) in [6.45, 7) is 5.43. The molecular formula is C16H27NO2S. The Labute approximate surface area is 127 Å². The Hall–Kier alpha value is -0.870. The first-order chi connectivity index (χ1) is 9.76. The van der Waals surface area contributed by atoms with Crippen molar-refractivity contribution in [3.63, 3.8) is 0 Å². The van der Waals surface area contributed by atoms with Crippen LogP contribution in [-0.4, -0.2) is 32.3 Å². The first-order valence-electron chi connectivity index (χ1n) is 7.29. The van der Waals surface area contributed by atoms with Gasteiger partial charge in [-0.25, -0.2) is 0 Å². The lowest BCUT2D eigenvalue weighted by Crippen LogP contribution is -2.24. The molecule has 0 spiro atoms. The van der Waals surface area contributed by atoms with Gasteiger partial charge in [-0.2, -0.15) is 11.8 Å². The molecule has 1 rings (SSSR count). The minimum absolute atomic E-state index is 0.326. The van der Waals surface area contributed by atoms with Gasteiger partial charge in [0.15, 0.2) is 0 Å². The number of nitrogens with one attached hydrogen (secondary N) is 1. The van der Waals surface area contributed by atoms with Crippen molar-refractivity contribution in [3.05, 3.63) is 23.8 Å². The highest BCUT2D eigenvalue weighted by molar-refractivity contribution is 7.99. The molecule has 0 fully saturated rings. The Morgan fingerprint density at radius 3 is 2.55 bits per heavy atom. The quantitative estimate of drug-likeness (QED) is 0.664. The molecule has 0 aromatic heterocycles. The Morgan fingerprint density at radius 2 is 1.95 bits per heavy atom. The van der Waals surface area contributed by atoms with E-state index in [2.05, 4.69) is 25.2 Å². The molecule has 4 heteroatoms. The van der Waals surface area contributed by atoms with E-state index in [1.165, 1.54) is 17.7 Å². The summed E-state index contributed by atoms with van der Waals surface area (Å²) < 4.78 is 10.8. The Balaban J connectivity index is 2.86. The normalized spacial score (nSPS) is 12.2. The highest BCUT2D eigenvalue weighted by atomic mass is 32.2. The number of rotatable bonds is 10. The smallest absolute Gasteiger partial charge is 0.127 e. The van der Waals surface area contributed by atoms with Crippen molar-refractivity contribution in [2.75, 3.05) is 32.3 Å². The molecule has 0 amide bonds. The summed E-state index contributed by atoms with van der Waals surface area (Å²) in [6, 6.07) is 6.40. The summed E-state index contributed by atoms with van der Waals surface area (Å²) in [5, 5.41) is 3.62. The molecule has 0 aliphatic carbocycles. The molecule has 3 nitrogen and oxygen atoms in total. The molecule has 1 atom stereocenters. The van der Waals surface area contributed by atoms with Gasteiger partial charge in [0, 0.05) is 23.4 Å². The number of hydrogen-bond donors (Lipinski definition) is 1. The molecule has 1 unspecified atom stereocenters. The van der Waals surface area contributed by atoms with Crippen molar-refractivity contribution in [2.45, 2.75) is 32.7 Å². The Bertz CT molecular complexity index is 385. The summed E-state index contributed by atoms with van der Waals surface area (Å²) in [5.74, 6) is 4.00. The number of benzene rings is 1. The fourth-order valence-corrected chi connectivity index (χ4v) is 3.02. The van der Waals surface area contributed by atoms with E-state index in [-0.39, 0.29) is 0 Å². The number of ether oxygens (including phenoxy) is 2. The predicted molar refractivity (Wildman–Crippen MR) is 88.2 cm³/mol. The fraction of sp³-hybridized carbons (Fsp3) is 0.625. The molecule has 0 heterocycles. The molecule has 20 heavy (non-hydrogen) atoms. The second-order valence-corrected chi connectivity index (χ2v) is 5.84. The Kier molecular flexibility index (Phi) is 8.54. The molecule has 0 saturated carbocycles. The third-order valence-corrected chi connectivity index (χ3v) is 4.36. The van der Waals surface area contributed by atoms with Crippen LogP contribution in [0.1, 0.15) is 38.3 Å². The average molecular weight is 297 g/mol. The van der Waals surface area contributed by atoms with Gasteiger partial charge in [0.2, 0.25) is 0 Å². The monoisotopic (exact) mass is 297 g/mol. The first kappa shape index (κ1) is 17.2. The highest BCUT2D eigenvalue weighted by Crippen LogP contribution is 2.31. The van der Waals surface area contributed by atoms with E-state index in [0.29, 0.717) is 6.04 Å². The maximum atomic E-state index is 5.53. The van der Waals surface area contributed by atoms with Crippen molar-refractivity contribution < 1.29 is 9.47 Å². The molecule has 1 aromatic carbocycles. The van der Waals surface area contributed by atoms with E-state index in [0.717, 1.165) is 30.2 Å². The van der Waals surface area contributed by atoms with Gasteiger partial charge in [-0.3, -0.25) is 0 Å². The SMILES string of the molecule is CCCNC(CSCCC)c1ccc(OC)cc1OC. The summed E-state index contributed by atoms with van der Waals surface area (Å²) in [7, 11) is 3.40. The maximum absolute atomic E-state index is 5.53. The maximum Gasteiger partial charge on any atom is 0.127 e. The summed E-state index contributed by atoms with van der Waals surface area (Å²) in [4.78, 5) is 0. The van der Waals surface area contributed by atoms with Gasteiger partial charge in [0.05, 0.1) is 14.2 Å². The van der Waals surface area contributed by atoms with Crippen molar-refractivity contribution in [2.24, 2.45) is 0 Å². The largest absolute Gasteiger partial charge is 0.497 e. The first-order valence-corrected chi connectivity index (χ1v) is 8.45. The zero-order chi connectivity index (χ0) is 14.8. The lowest BCUT2D eigenvalue weighted by Gasteiger charge is -2.21. The molecule has 0 aliphatic heterocycles. The standard InChI is InChI=1S/C16H27NO2S/c1-5-9-17-15(12-20-10-6-2)14-8-7-13(18-3)11-16(14)19-4/h7-8,11,15,17H,5-6,9-10,12H2,1-4H3. The van der Waals surface area contributed by atoms with Crippen molar-refractivity contribution in [1.82, 2.24) is 5.32 Å². The fourth-order valence-electron chi connectivity index (χ4n) is 2.03.